The molecule has 1 atom stereocenters. The van der Waals surface area contributed by atoms with E-state index in [-0.39, 0.29) is 18.3 Å². The van der Waals surface area contributed by atoms with Crippen molar-refractivity contribution in [2.45, 2.75) is 46.6 Å². The number of ether oxygens (including phenoxy) is 2. The number of hydrogen-bond acceptors (Lipinski definition) is 4. The Labute approximate surface area is 137 Å². The number of esters is 1. The van der Waals surface area contributed by atoms with Gasteiger partial charge in [-0.1, -0.05) is 19.9 Å². The van der Waals surface area contributed by atoms with Gasteiger partial charge >= 0.3 is 5.97 Å². The van der Waals surface area contributed by atoms with Crippen LogP contribution in [0.3, 0.4) is 0 Å². The number of methoxy groups -OCH3 is 1. The average Bonchev–Trinajstić information content (AvgIpc) is 2.47. The average molecular weight is 319 g/mol. The van der Waals surface area contributed by atoms with Crippen LogP contribution in [0.15, 0.2) is 12.1 Å². The van der Waals surface area contributed by atoms with Crippen molar-refractivity contribution in [1.29, 1.82) is 0 Å². The Morgan fingerprint density at radius 3 is 2.65 bits per heavy atom. The third-order valence-electron chi connectivity index (χ3n) is 3.94. The first-order valence-electron chi connectivity index (χ1n) is 7.99. The summed E-state index contributed by atoms with van der Waals surface area (Å²) in [5, 5.41) is 0. The summed E-state index contributed by atoms with van der Waals surface area (Å²) in [6.45, 7) is 8.39. The molecule has 5 heteroatoms. The molecule has 0 saturated heterocycles. The quantitative estimate of drug-likeness (QED) is 0.783. The number of carbonyl (C=O) groups is 2. The topological polar surface area (TPSA) is 55.8 Å². The fourth-order valence-corrected chi connectivity index (χ4v) is 2.88. The summed E-state index contributed by atoms with van der Waals surface area (Å²) < 4.78 is 10.7. The van der Waals surface area contributed by atoms with Gasteiger partial charge < -0.3 is 14.4 Å². The third kappa shape index (κ3) is 3.84. The van der Waals surface area contributed by atoms with Gasteiger partial charge in [0, 0.05) is 6.54 Å². The van der Waals surface area contributed by atoms with E-state index in [1.165, 1.54) is 7.11 Å². The van der Waals surface area contributed by atoms with E-state index in [9.17, 15) is 9.59 Å². The van der Waals surface area contributed by atoms with Crippen molar-refractivity contribution < 1.29 is 19.1 Å². The van der Waals surface area contributed by atoms with Crippen molar-refractivity contribution in [3.05, 3.63) is 23.3 Å². The predicted octanol–water partition coefficient (Wildman–Crippen LogP) is 3.01. The van der Waals surface area contributed by atoms with Crippen molar-refractivity contribution in [2.24, 2.45) is 5.92 Å². The van der Waals surface area contributed by atoms with Gasteiger partial charge in [-0.05, 0) is 43.4 Å². The SMILES string of the molecule is COC(=O)CCN1C(=O)[C@@H](CC(C)C)Oc2c(C)cc(C)cc21. The minimum Gasteiger partial charge on any atom is -0.478 e. The summed E-state index contributed by atoms with van der Waals surface area (Å²) in [5.41, 5.74) is 2.81. The first-order valence-corrected chi connectivity index (χ1v) is 7.99. The number of anilines is 1. The van der Waals surface area contributed by atoms with Crippen molar-refractivity contribution in [3.63, 3.8) is 0 Å². The number of nitrogens with zero attached hydrogens (tertiary/aromatic N) is 1. The van der Waals surface area contributed by atoms with Gasteiger partial charge in [-0.2, -0.15) is 0 Å². The van der Waals surface area contributed by atoms with Crippen molar-refractivity contribution in [3.8, 4) is 5.75 Å². The molecular formula is C18H25NO4. The van der Waals surface area contributed by atoms with Gasteiger partial charge in [-0.25, -0.2) is 0 Å². The van der Waals surface area contributed by atoms with E-state index in [2.05, 4.69) is 13.8 Å². The fraction of sp³-hybridized carbons (Fsp3) is 0.556. The Bertz CT molecular complexity index is 609. The first-order chi connectivity index (χ1) is 10.8. The van der Waals surface area contributed by atoms with Crippen LogP contribution >= 0.6 is 0 Å². The monoisotopic (exact) mass is 319 g/mol. The Balaban J connectivity index is 2.37. The van der Waals surface area contributed by atoms with Gasteiger partial charge in [0.1, 0.15) is 5.75 Å². The Hall–Kier alpha value is -2.04. The second-order valence-corrected chi connectivity index (χ2v) is 6.48. The summed E-state index contributed by atoms with van der Waals surface area (Å²) in [4.78, 5) is 25.9. The van der Waals surface area contributed by atoms with Crippen molar-refractivity contribution >= 4 is 17.6 Å². The number of fused-ring (bicyclic) bond motifs is 1. The van der Waals surface area contributed by atoms with Crippen molar-refractivity contribution in [1.82, 2.24) is 0 Å². The molecule has 1 heterocycles. The third-order valence-corrected chi connectivity index (χ3v) is 3.94. The molecule has 1 amide bonds. The smallest absolute Gasteiger partial charge is 0.307 e. The van der Waals surface area contributed by atoms with E-state index < -0.39 is 6.10 Å². The molecule has 2 rings (SSSR count). The van der Waals surface area contributed by atoms with Crippen LogP contribution in [-0.4, -0.2) is 31.6 Å². The molecule has 5 nitrogen and oxygen atoms in total. The van der Waals surface area contributed by atoms with Crippen LogP contribution in [0, 0.1) is 19.8 Å². The Kier molecular flexibility index (Phi) is 5.29. The number of carbonyl (C=O) groups excluding carboxylic acids is 2. The second kappa shape index (κ2) is 7.02. The molecule has 126 valence electrons. The summed E-state index contributed by atoms with van der Waals surface area (Å²) in [7, 11) is 1.35. The molecule has 0 saturated carbocycles. The molecule has 0 bridgehead atoms. The summed E-state index contributed by atoms with van der Waals surface area (Å²) in [6.07, 6.45) is 0.324. The summed E-state index contributed by atoms with van der Waals surface area (Å²) in [5.74, 6) is 0.681. The zero-order valence-electron chi connectivity index (χ0n) is 14.5. The van der Waals surface area contributed by atoms with E-state index in [0.717, 1.165) is 22.6 Å². The summed E-state index contributed by atoms with van der Waals surface area (Å²) >= 11 is 0. The lowest BCUT2D eigenvalue weighted by atomic mass is 10.0. The lowest BCUT2D eigenvalue weighted by Gasteiger charge is -2.36. The largest absolute Gasteiger partial charge is 0.478 e. The minimum absolute atomic E-state index is 0.0832. The molecule has 0 fully saturated rings. The van der Waals surface area contributed by atoms with Gasteiger partial charge in [0.2, 0.25) is 0 Å². The van der Waals surface area contributed by atoms with Crippen molar-refractivity contribution in [2.75, 3.05) is 18.6 Å². The van der Waals surface area contributed by atoms with Gasteiger partial charge in [-0.15, -0.1) is 0 Å². The van der Waals surface area contributed by atoms with Crippen LogP contribution < -0.4 is 9.64 Å². The second-order valence-electron chi connectivity index (χ2n) is 6.48. The minimum atomic E-state index is -0.499. The molecule has 23 heavy (non-hydrogen) atoms. The molecule has 1 aromatic carbocycles. The molecule has 0 N–H and O–H groups in total. The molecule has 0 aliphatic carbocycles. The normalized spacial score (nSPS) is 17.0. The van der Waals surface area contributed by atoms with Gasteiger partial charge in [0.25, 0.3) is 5.91 Å². The molecule has 0 spiro atoms. The van der Waals surface area contributed by atoms with Crippen LogP contribution in [-0.2, 0) is 14.3 Å². The van der Waals surface area contributed by atoms with E-state index in [4.69, 9.17) is 9.47 Å². The van der Waals surface area contributed by atoms with Crippen LogP contribution in [0.2, 0.25) is 0 Å². The number of hydrogen-bond donors (Lipinski definition) is 0. The van der Waals surface area contributed by atoms with Crippen LogP contribution in [0.25, 0.3) is 0 Å². The number of rotatable bonds is 5. The molecule has 1 aliphatic heterocycles. The first kappa shape index (κ1) is 17.3. The van der Waals surface area contributed by atoms with Gasteiger partial charge in [0.15, 0.2) is 6.10 Å². The van der Waals surface area contributed by atoms with E-state index >= 15 is 0 Å². The number of aryl methyl sites for hydroxylation is 2. The maximum absolute atomic E-state index is 12.8. The van der Waals surface area contributed by atoms with Gasteiger partial charge in [-0.3, -0.25) is 9.59 Å². The molecule has 1 aliphatic rings. The lowest BCUT2D eigenvalue weighted by molar-refractivity contribution is -0.140. The standard InChI is InChI=1S/C18H25NO4/c1-11(2)8-15-18(21)19(7-6-16(20)22-5)14-10-12(3)9-13(4)17(14)23-15/h9-11,15H,6-8H2,1-5H3/t15-/m1/s1. The number of amides is 1. The van der Waals surface area contributed by atoms with E-state index in [0.29, 0.717) is 18.9 Å². The zero-order chi connectivity index (χ0) is 17.1. The molecule has 0 radical (unpaired) electrons. The maximum Gasteiger partial charge on any atom is 0.307 e. The van der Waals surface area contributed by atoms with E-state index in [1.807, 2.05) is 26.0 Å². The van der Waals surface area contributed by atoms with Crippen LogP contribution in [0.5, 0.6) is 5.75 Å². The lowest BCUT2D eigenvalue weighted by Crippen LogP contribution is -2.47. The van der Waals surface area contributed by atoms with Gasteiger partial charge in [0.05, 0.1) is 19.2 Å². The molecule has 1 aromatic rings. The van der Waals surface area contributed by atoms with E-state index in [1.54, 1.807) is 4.90 Å². The molecule has 0 unspecified atom stereocenters. The predicted molar refractivity (Wildman–Crippen MR) is 88.8 cm³/mol. The van der Waals surface area contributed by atoms with Crippen LogP contribution in [0.1, 0.15) is 37.8 Å². The highest BCUT2D eigenvalue weighted by Crippen LogP contribution is 2.39. The highest BCUT2D eigenvalue weighted by atomic mass is 16.5. The molecule has 0 aromatic heterocycles. The fourth-order valence-electron chi connectivity index (χ4n) is 2.88. The number of benzene rings is 1. The Morgan fingerprint density at radius 2 is 2.04 bits per heavy atom. The van der Waals surface area contributed by atoms with Crippen LogP contribution in [0.4, 0.5) is 5.69 Å². The highest BCUT2D eigenvalue weighted by molar-refractivity contribution is 6.00. The Morgan fingerprint density at radius 1 is 1.35 bits per heavy atom. The highest BCUT2D eigenvalue weighted by Gasteiger charge is 2.35. The molecular weight excluding hydrogens is 294 g/mol. The zero-order valence-corrected chi connectivity index (χ0v) is 14.5. The maximum atomic E-state index is 12.8. The summed E-state index contributed by atoms with van der Waals surface area (Å²) in [6, 6.07) is 3.97.